The lowest BCUT2D eigenvalue weighted by atomic mass is 9.85. The Hall–Kier alpha value is -1.76. The van der Waals surface area contributed by atoms with Gasteiger partial charge >= 0.3 is 0 Å². The van der Waals surface area contributed by atoms with Crippen molar-refractivity contribution in [2.24, 2.45) is 0 Å². The van der Waals surface area contributed by atoms with Crippen LogP contribution in [-0.4, -0.2) is 0 Å². The smallest absolute Gasteiger partial charge is 0.0663 e. The monoisotopic (exact) mass is 223 g/mol. The molecule has 1 heteroatoms. The summed E-state index contributed by atoms with van der Waals surface area (Å²) in [7, 11) is 0. The van der Waals surface area contributed by atoms with Gasteiger partial charge in [-0.25, -0.2) is 0 Å². The van der Waals surface area contributed by atoms with Crippen LogP contribution in [0.25, 0.3) is 0 Å². The minimum atomic E-state index is 0.0882. The van der Waals surface area contributed by atoms with Crippen LogP contribution in [0.1, 0.15) is 24.5 Å². The highest BCUT2D eigenvalue weighted by molar-refractivity contribution is 5.60. The van der Waals surface area contributed by atoms with E-state index in [1.807, 2.05) is 0 Å². The van der Waals surface area contributed by atoms with Gasteiger partial charge in [0.2, 0.25) is 0 Å². The molecule has 17 heavy (non-hydrogen) atoms. The molecule has 0 saturated carbocycles. The normalized spacial score (nSPS) is 21.9. The second-order valence-corrected chi connectivity index (χ2v) is 4.76. The Morgan fingerprint density at radius 2 is 1.71 bits per heavy atom. The van der Waals surface area contributed by atoms with Crippen molar-refractivity contribution in [3.05, 3.63) is 65.7 Å². The van der Waals surface area contributed by atoms with Gasteiger partial charge in [-0.15, -0.1) is 0 Å². The maximum Gasteiger partial charge on any atom is 0.0663 e. The first-order valence-electron chi connectivity index (χ1n) is 6.26. The second-order valence-electron chi connectivity index (χ2n) is 4.76. The van der Waals surface area contributed by atoms with Crippen LogP contribution in [0.2, 0.25) is 0 Å². The van der Waals surface area contributed by atoms with Crippen LogP contribution in [-0.2, 0) is 12.0 Å². The number of anilines is 1. The van der Waals surface area contributed by atoms with Crippen molar-refractivity contribution in [3.8, 4) is 0 Å². The predicted octanol–water partition coefficient (Wildman–Crippen LogP) is 3.96. The Balaban J connectivity index is 2.03. The SMILES string of the molecule is CCC1(c2ccccc2)Cc2ccccc2N1. The average molecular weight is 223 g/mol. The van der Waals surface area contributed by atoms with Gasteiger partial charge in [0.1, 0.15) is 0 Å². The molecule has 1 heterocycles. The molecule has 2 aromatic rings. The van der Waals surface area contributed by atoms with Crippen molar-refractivity contribution >= 4 is 5.69 Å². The molecule has 0 spiro atoms. The highest BCUT2D eigenvalue weighted by Crippen LogP contribution is 2.41. The molecule has 1 N–H and O–H groups in total. The van der Waals surface area contributed by atoms with E-state index in [2.05, 4.69) is 66.8 Å². The lowest BCUT2D eigenvalue weighted by Gasteiger charge is -2.29. The maximum atomic E-state index is 3.71. The summed E-state index contributed by atoms with van der Waals surface area (Å²) >= 11 is 0. The number of nitrogens with one attached hydrogen (secondary N) is 1. The van der Waals surface area contributed by atoms with E-state index in [-0.39, 0.29) is 5.54 Å². The zero-order chi connectivity index (χ0) is 11.7. The minimum Gasteiger partial charge on any atom is -0.375 e. The van der Waals surface area contributed by atoms with Crippen LogP contribution < -0.4 is 5.32 Å². The Morgan fingerprint density at radius 3 is 2.41 bits per heavy atom. The van der Waals surface area contributed by atoms with Crippen molar-refractivity contribution in [1.82, 2.24) is 0 Å². The fraction of sp³-hybridized carbons (Fsp3) is 0.250. The highest BCUT2D eigenvalue weighted by Gasteiger charge is 2.36. The summed E-state index contributed by atoms with van der Waals surface area (Å²) in [6, 6.07) is 19.4. The standard InChI is InChI=1S/C16H17N/c1-2-16(14-9-4-3-5-10-14)12-13-8-6-7-11-15(13)17-16/h3-11,17H,2,12H2,1H3. The van der Waals surface area contributed by atoms with E-state index < -0.39 is 0 Å². The zero-order valence-electron chi connectivity index (χ0n) is 10.1. The first kappa shape index (κ1) is 10.4. The molecule has 0 radical (unpaired) electrons. The van der Waals surface area contributed by atoms with Crippen molar-refractivity contribution in [2.75, 3.05) is 5.32 Å². The van der Waals surface area contributed by atoms with E-state index in [1.54, 1.807) is 0 Å². The molecule has 1 unspecified atom stereocenters. The van der Waals surface area contributed by atoms with Gasteiger partial charge in [0.25, 0.3) is 0 Å². The third-order valence-electron chi connectivity index (χ3n) is 3.81. The molecule has 0 aliphatic carbocycles. The Morgan fingerprint density at radius 1 is 1.00 bits per heavy atom. The minimum absolute atomic E-state index is 0.0882. The van der Waals surface area contributed by atoms with E-state index in [9.17, 15) is 0 Å². The average Bonchev–Trinajstić information content (AvgIpc) is 2.79. The topological polar surface area (TPSA) is 12.0 Å². The quantitative estimate of drug-likeness (QED) is 0.812. The highest BCUT2D eigenvalue weighted by atomic mass is 15.0. The summed E-state index contributed by atoms with van der Waals surface area (Å²) in [4.78, 5) is 0. The summed E-state index contributed by atoms with van der Waals surface area (Å²) in [5, 5.41) is 3.71. The number of benzene rings is 2. The van der Waals surface area contributed by atoms with Gasteiger partial charge in [-0.2, -0.15) is 0 Å². The predicted molar refractivity (Wildman–Crippen MR) is 72.2 cm³/mol. The van der Waals surface area contributed by atoms with Crippen LogP contribution in [0.15, 0.2) is 54.6 Å². The lowest BCUT2D eigenvalue weighted by molar-refractivity contribution is 0.491. The van der Waals surface area contributed by atoms with E-state index in [4.69, 9.17) is 0 Å². The second kappa shape index (κ2) is 3.92. The molecule has 1 aliphatic heterocycles. The van der Waals surface area contributed by atoms with Gasteiger partial charge in [0, 0.05) is 12.1 Å². The Kier molecular flexibility index (Phi) is 2.40. The summed E-state index contributed by atoms with van der Waals surface area (Å²) in [5.41, 5.74) is 4.19. The largest absolute Gasteiger partial charge is 0.375 e. The lowest BCUT2D eigenvalue weighted by Crippen LogP contribution is -2.32. The van der Waals surface area contributed by atoms with Crippen molar-refractivity contribution in [3.63, 3.8) is 0 Å². The van der Waals surface area contributed by atoms with Gasteiger partial charge in [0.05, 0.1) is 5.54 Å². The van der Waals surface area contributed by atoms with Gasteiger partial charge in [0.15, 0.2) is 0 Å². The van der Waals surface area contributed by atoms with E-state index in [0.717, 1.165) is 12.8 Å². The number of hydrogen-bond donors (Lipinski definition) is 1. The molecular formula is C16H17N. The number of rotatable bonds is 2. The Labute approximate surface area is 102 Å². The van der Waals surface area contributed by atoms with Crippen molar-refractivity contribution in [1.29, 1.82) is 0 Å². The summed E-state index contributed by atoms with van der Waals surface area (Å²) in [6.45, 7) is 2.26. The van der Waals surface area contributed by atoms with Gasteiger partial charge in [-0.05, 0) is 23.6 Å². The number of para-hydroxylation sites is 1. The molecule has 0 bridgehead atoms. The number of hydrogen-bond acceptors (Lipinski definition) is 1. The van der Waals surface area contributed by atoms with Gasteiger partial charge in [-0.1, -0.05) is 55.5 Å². The summed E-state index contributed by atoms with van der Waals surface area (Å²) in [5.74, 6) is 0. The van der Waals surface area contributed by atoms with Crippen LogP contribution in [0.3, 0.4) is 0 Å². The first-order chi connectivity index (χ1) is 8.34. The third-order valence-corrected chi connectivity index (χ3v) is 3.81. The molecule has 86 valence electrons. The molecule has 3 rings (SSSR count). The third kappa shape index (κ3) is 1.62. The van der Waals surface area contributed by atoms with Gasteiger partial charge < -0.3 is 5.32 Å². The van der Waals surface area contributed by atoms with Crippen molar-refractivity contribution < 1.29 is 0 Å². The molecule has 0 saturated heterocycles. The fourth-order valence-corrected chi connectivity index (χ4v) is 2.77. The zero-order valence-corrected chi connectivity index (χ0v) is 10.1. The van der Waals surface area contributed by atoms with Crippen molar-refractivity contribution in [2.45, 2.75) is 25.3 Å². The van der Waals surface area contributed by atoms with E-state index >= 15 is 0 Å². The molecule has 2 aromatic carbocycles. The summed E-state index contributed by atoms with van der Waals surface area (Å²) in [6.07, 6.45) is 2.19. The van der Waals surface area contributed by atoms with Crippen LogP contribution in [0.5, 0.6) is 0 Å². The maximum absolute atomic E-state index is 3.71. The molecule has 1 aliphatic rings. The first-order valence-corrected chi connectivity index (χ1v) is 6.26. The van der Waals surface area contributed by atoms with E-state index in [0.29, 0.717) is 0 Å². The van der Waals surface area contributed by atoms with Gasteiger partial charge in [-0.3, -0.25) is 0 Å². The molecule has 0 amide bonds. The summed E-state index contributed by atoms with van der Waals surface area (Å²) < 4.78 is 0. The number of fused-ring (bicyclic) bond motifs is 1. The molecule has 1 atom stereocenters. The fourth-order valence-electron chi connectivity index (χ4n) is 2.77. The molecule has 0 aromatic heterocycles. The Bertz CT molecular complexity index is 491. The molecule has 0 fully saturated rings. The van der Waals surface area contributed by atoms with Crippen LogP contribution in [0.4, 0.5) is 5.69 Å². The van der Waals surface area contributed by atoms with Crippen LogP contribution in [0, 0.1) is 0 Å². The van der Waals surface area contributed by atoms with E-state index in [1.165, 1.54) is 16.8 Å². The van der Waals surface area contributed by atoms with Crippen LogP contribution >= 0.6 is 0 Å². The molecular weight excluding hydrogens is 206 g/mol. The molecule has 1 nitrogen and oxygen atoms in total.